The fourth-order valence-electron chi connectivity index (χ4n) is 0.596. The van der Waals surface area contributed by atoms with Gasteiger partial charge in [-0.1, -0.05) is 27.7 Å². The molecule has 0 aromatic rings. The molecule has 0 rings (SSSR count). The molecule has 3 heteroatoms. The van der Waals surface area contributed by atoms with E-state index in [9.17, 15) is 4.57 Å². The molecule has 1 nitrogen and oxygen atoms in total. The lowest BCUT2D eigenvalue weighted by molar-refractivity contribution is 0.575. The normalized spacial score (nSPS) is 13.2. The molecule has 0 spiro atoms. The molecule has 0 aliphatic heterocycles. The second kappa shape index (κ2) is 3.38. The van der Waals surface area contributed by atoms with E-state index in [1.165, 1.54) is 0 Å². The van der Waals surface area contributed by atoms with E-state index in [4.69, 9.17) is 0 Å². The Balaban J connectivity index is 4.21. The highest BCUT2D eigenvalue weighted by atomic mass is 127. The molecule has 0 atom stereocenters. The molecule has 0 aliphatic rings. The largest absolute Gasteiger partial charge is 0.312 e. The van der Waals surface area contributed by atoms with Crippen molar-refractivity contribution in [2.75, 3.05) is 0 Å². The summed E-state index contributed by atoms with van der Waals surface area (Å²) in [5.41, 5.74) is 0.663. The Bertz CT molecular complexity index is 119. The van der Waals surface area contributed by atoms with Crippen LogP contribution in [0.3, 0.4) is 0 Å². The summed E-state index contributed by atoms with van der Waals surface area (Å²) in [6.45, 7) is 8.08. The van der Waals surface area contributed by atoms with Crippen molar-refractivity contribution < 1.29 is 4.57 Å². The van der Waals surface area contributed by atoms with Crippen molar-refractivity contribution in [3.8, 4) is 0 Å². The van der Waals surface area contributed by atoms with Gasteiger partial charge < -0.3 is 4.57 Å². The zero-order valence-corrected chi connectivity index (χ0v) is 9.44. The molecule has 0 aliphatic carbocycles. The van der Waals surface area contributed by atoms with Crippen LogP contribution in [0.5, 0.6) is 0 Å². The minimum Gasteiger partial charge on any atom is -0.312 e. The molecule has 0 saturated carbocycles. The maximum Gasteiger partial charge on any atom is 0.148 e. The van der Waals surface area contributed by atoms with Crippen molar-refractivity contribution in [1.29, 1.82) is 0 Å². The Kier molecular flexibility index (Phi) is 3.74. The van der Waals surface area contributed by atoms with Crippen LogP contribution >= 0.6 is 26.8 Å². The molecule has 0 fully saturated rings. The van der Waals surface area contributed by atoms with E-state index in [2.05, 4.69) is 22.0 Å². The Hall–Kier alpha value is 0.960. The van der Waals surface area contributed by atoms with Gasteiger partial charge in [0.2, 0.25) is 0 Å². The van der Waals surface area contributed by atoms with Gasteiger partial charge in [0.15, 0.2) is 0 Å². The van der Waals surface area contributed by atoms with E-state index in [1.807, 2.05) is 27.7 Å². The van der Waals surface area contributed by atoms with Crippen LogP contribution in [0, 0.1) is 0 Å². The predicted octanol–water partition coefficient (Wildman–Crippen LogP) is 3.52. The number of hydrogen-bond acceptors (Lipinski definition) is 1. The molecule has 0 aromatic carbocycles. The summed E-state index contributed by atoms with van der Waals surface area (Å²) in [7, 11) is 0. The molecule has 0 radical (unpaired) electrons. The van der Waals surface area contributed by atoms with E-state index in [-0.39, 0.29) is 0 Å². The molecular formula is C6H14IOP. The van der Waals surface area contributed by atoms with Crippen LogP contribution in [0.1, 0.15) is 27.7 Å². The highest BCUT2D eigenvalue weighted by Gasteiger charge is 2.25. The highest BCUT2D eigenvalue weighted by Crippen LogP contribution is 2.62. The summed E-state index contributed by atoms with van der Waals surface area (Å²) in [5.74, 6) is 0. The van der Waals surface area contributed by atoms with Crippen molar-refractivity contribution in [3.63, 3.8) is 0 Å². The van der Waals surface area contributed by atoms with E-state index in [0.29, 0.717) is 11.3 Å². The molecule has 0 heterocycles. The summed E-state index contributed by atoms with van der Waals surface area (Å²) in [6.07, 6.45) is 0. The SMILES string of the molecule is CC(C)P(=O)(I)C(C)C. The predicted molar refractivity (Wildman–Crippen MR) is 51.9 cm³/mol. The first-order valence-corrected chi connectivity index (χ1v) is 7.81. The minimum atomic E-state index is -1.87. The van der Waals surface area contributed by atoms with Crippen LogP contribution < -0.4 is 0 Å². The van der Waals surface area contributed by atoms with Crippen molar-refractivity contribution in [2.24, 2.45) is 0 Å². The second-order valence-electron chi connectivity index (χ2n) is 2.81. The maximum atomic E-state index is 11.6. The monoisotopic (exact) mass is 260 g/mol. The Labute approximate surface area is 70.5 Å². The van der Waals surface area contributed by atoms with Crippen LogP contribution in [0.15, 0.2) is 0 Å². The quantitative estimate of drug-likeness (QED) is 0.548. The van der Waals surface area contributed by atoms with Crippen LogP contribution in [0.25, 0.3) is 0 Å². The molecule has 0 saturated heterocycles. The van der Waals surface area contributed by atoms with Crippen molar-refractivity contribution in [1.82, 2.24) is 0 Å². The highest BCUT2D eigenvalue weighted by molar-refractivity contribution is 14.2. The zero-order chi connectivity index (χ0) is 7.65. The van der Waals surface area contributed by atoms with Gasteiger partial charge >= 0.3 is 0 Å². The fraction of sp³-hybridized carbons (Fsp3) is 1.00. The summed E-state index contributed by atoms with van der Waals surface area (Å²) < 4.78 is 11.6. The van der Waals surface area contributed by atoms with Crippen molar-refractivity contribution in [3.05, 3.63) is 0 Å². The Morgan fingerprint density at radius 1 is 1.11 bits per heavy atom. The molecule has 9 heavy (non-hydrogen) atoms. The van der Waals surface area contributed by atoms with Crippen LogP contribution in [-0.2, 0) is 4.57 Å². The van der Waals surface area contributed by atoms with Gasteiger partial charge in [0.05, 0.1) is 0 Å². The van der Waals surface area contributed by atoms with E-state index >= 15 is 0 Å². The second-order valence-corrected chi connectivity index (χ2v) is 10.6. The molecule has 56 valence electrons. The van der Waals surface area contributed by atoms with Gasteiger partial charge in [-0.3, -0.25) is 0 Å². The molecule has 0 aromatic heterocycles. The molecule has 0 N–H and O–H groups in total. The van der Waals surface area contributed by atoms with Gasteiger partial charge in [-0.25, -0.2) is 0 Å². The molecular weight excluding hydrogens is 246 g/mol. The van der Waals surface area contributed by atoms with E-state index < -0.39 is 4.78 Å². The van der Waals surface area contributed by atoms with Gasteiger partial charge in [0.25, 0.3) is 0 Å². The average Bonchev–Trinajstić information content (AvgIpc) is 1.65. The topological polar surface area (TPSA) is 17.1 Å². The Morgan fingerprint density at radius 2 is 1.33 bits per heavy atom. The standard InChI is InChI=1S/C6H14IOP/c1-5(2)9(7,8)6(3)4/h5-6H,1-4H3. The first-order chi connectivity index (χ1) is 3.89. The first-order valence-electron chi connectivity index (χ1n) is 3.18. The van der Waals surface area contributed by atoms with Crippen LogP contribution in [-0.4, -0.2) is 11.3 Å². The zero-order valence-electron chi connectivity index (χ0n) is 6.39. The fourth-order valence-corrected chi connectivity index (χ4v) is 1.79. The molecule has 0 unspecified atom stereocenters. The summed E-state index contributed by atoms with van der Waals surface area (Å²) >= 11 is 2.11. The summed E-state index contributed by atoms with van der Waals surface area (Å²) in [4.78, 5) is -1.87. The van der Waals surface area contributed by atoms with E-state index in [0.717, 1.165) is 0 Å². The summed E-state index contributed by atoms with van der Waals surface area (Å²) in [6, 6.07) is 0. The van der Waals surface area contributed by atoms with Crippen LogP contribution in [0.4, 0.5) is 0 Å². The third kappa shape index (κ3) is 2.58. The maximum absolute atomic E-state index is 11.6. The molecule has 0 amide bonds. The van der Waals surface area contributed by atoms with Crippen LogP contribution in [0.2, 0.25) is 0 Å². The number of rotatable bonds is 2. The average molecular weight is 260 g/mol. The lowest BCUT2D eigenvalue weighted by atomic mass is 10.5. The number of hydrogen-bond donors (Lipinski definition) is 0. The third-order valence-corrected chi connectivity index (χ3v) is 10.9. The van der Waals surface area contributed by atoms with Gasteiger partial charge in [0.1, 0.15) is 4.78 Å². The van der Waals surface area contributed by atoms with Crippen molar-refractivity contribution >= 4 is 26.8 Å². The first kappa shape index (κ1) is 9.96. The molecule has 0 bridgehead atoms. The van der Waals surface area contributed by atoms with Crippen molar-refractivity contribution in [2.45, 2.75) is 39.0 Å². The van der Waals surface area contributed by atoms with Gasteiger partial charge in [-0.2, -0.15) is 0 Å². The van der Waals surface area contributed by atoms with Gasteiger partial charge in [0, 0.05) is 11.3 Å². The smallest absolute Gasteiger partial charge is 0.148 e. The lowest BCUT2D eigenvalue weighted by Gasteiger charge is -2.18. The van der Waals surface area contributed by atoms with Gasteiger partial charge in [-0.15, -0.1) is 0 Å². The summed E-state index contributed by atoms with van der Waals surface area (Å²) in [5, 5.41) is 0. The lowest BCUT2D eigenvalue weighted by Crippen LogP contribution is -2.01. The van der Waals surface area contributed by atoms with E-state index in [1.54, 1.807) is 0 Å². The third-order valence-electron chi connectivity index (χ3n) is 1.41. The Morgan fingerprint density at radius 3 is 1.33 bits per heavy atom. The minimum absolute atomic E-state index is 0.332. The number of halogens is 1. The van der Waals surface area contributed by atoms with Gasteiger partial charge in [-0.05, 0) is 22.0 Å².